The van der Waals surface area contributed by atoms with Crippen molar-refractivity contribution in [2.45, 2.75) is 78.7 Å². The Hall–Kier alpha value is -2.25. The Morgan fingerprint density at radius 2 is 1.80 bits per heavy atom. The van der Waals surface area contributed by atoms with Crippen molar-refractivity contribution in [3.63, 3.8) is 0 Å². The molecule has 1 heterocycles. The number of hydroxylamine groups is 2. The predicted molar refractivity (Wildman–Crippen MR) is 138 cm³/mol. The second-order valence-electron chi connectivity index (χ2n) is 11.0. The van der Waals surface area contributed by atoms with Gasteiger partial charge in [0.25, 0.3) is 0 Å². The molecule has 1 aromatic carbocycles. The summed E-state index contributed by atoms with van der Waals surface area (Å²) in [6.45, 7) is 11.2. The molecule has 7 nitrogen and oxygen atoms in total. The summed E-state index contributed by atoms with van der Waals surface area (Å²) >= 11 is 0. The molecule has 35 heavy (non-hydrogen) atoms. The number of nitrogens with one attached hydrogen (secondary N) is 1. The molecule has 0 saturated carbocycles. The molecule has 3 atom stereocenters. The van der Waals surface area contributed by atoms with E-state index in [4.69, 9.17) is 0 Å². The van der Waals surface area contributed by atoms with Crippen molar-refractivity contribution in [2.75, 3.05) is 26.2 Å². The average Bonchev–Trinajstić information content (AvgIpc) is 2.84. The number of ketones is 1. The van der Waals surface area contributed by atoms with Gasteiger partial charge in [0.05, 0.1) is 6.04 Å². The molecule has 196 valence electrons. The zero-order valence-electron chi connectivity index (χ0n) is 22.0. The Morgan fingerprint density at radius 1 is 1.14 bits per heavy atom. The number of carbonyl (C=O) groups excluding carboxylic acids is 3. The van der Waals surface area contributed by atoms with E-state index in [0.717, 1.165) is 32.5 Å². The highest BCUT2D eigenvalue weighted by Crippen LogP contribution is 2.32. The van der Waals surface area contributed by atoms with Gasteiger partial charge in [-0.2, -0.15) is 0 Å². The van der Waals surface area contributed by atoms with Gasteiger partial charge >= 0.3 is 0 Å². The summed E-state index contributed by atoms with van der Waals surface area (Å²) in [6.07, 6.45) is 6.22. The lowest BCUT2D eigenvalue weighted by molar-refractivity contribution is -0.166. The van der Waals surface area contributed by atoms with Crippen LogP contribution in [-0.2, 0) is 20.8 Å². The van der Waals surface area contributed by atoms with Gasteiger partial charge in [-0.3, -0.25) is 19.6 Å². The molecule has 1 aliphatic rings. The molecule has 1 aromatic rings. The lowest BCUT2D eigenvalue weighted by Crippen LogP contribution is -2.45. The fraction of sp³-hybridized carbons (Fsp3) is 0.679. The maximum absolute atomic E-state index is 13.5. The highest BCUT2D eigenvalue weighted by molar-refractivity contribution is 5.89. The van der Waals surface area contributed by atoms with Gasteiger partial charge in [0, 0.05) is 31.3 Å². The van der Waals surface area contributed by atoms with Crippen molar-refractivity contribution in [1.82, 2.24) is 15.3 Å². The van der Waals surface area contributed by atoms with Gasteiger partial charge in [-0.1, -0.05) is 57.5 Å². The van der Waals surface area contributed by atoms with Crippen molar-refractivity contribution < 1.29 is 19.6 Å². The highest BCUT2D eigenvalue weighted by atomic mass is 16.5. The van der Waals surface area contributed by atoms with Gasteiger partial charge < -0.3 is 10.2 Å². The number of aryl methyl sites for hydroxylation is 1. The quantitative estimate of drug-likeness (QED) is 0.234. The molecular formula is C28H45N3O4. The van der Waals surface area contributed by atoms with Gasteiger partial charge in [-0.25, -0.2) is 5.06 Å². The summed E-state index contributed by atoms with van der Waals surface area (Å²) in [5.41, 5.74) is 0.787. The summed E-state index contributed by atoms with van der Waals surface area (Å²) in [7, 11) is 0. The van der Waals surface area contributed by atoms with E-state index in [1.165, 1.54) is 24.8 Å². The summed E-state index contributed by atoms with van der Waals surface area (Å²) in [6, 6.07) is 9.39. The van der Waals surface area contributed by atoms with E-state index in [-0.39, 0.29) is 18.1 Å². The molecular weight excluding hydrogens is 442 g/mol. The van der Waals surface area contributed by atoms with E-state index in [1.807, 2.05) is 51.1 Å². The van der Waals surface area contributed by atoms with Crippen LogP contribution in [0, 0.1) is 17.3 Å². The number of nitrogens with zero attached hydrogens (tertiary/aromatic N) is 2. The molecule has 0 bridgehead atoms. The first kappa shape index (κ1) is 29.0. The number of carbonyl (C=O) groups is 3. The van der Waals surface area contributed by atoms with Crippen LogP contribution in [0.2, 0.25) is 0 Å². The SMILES string of the molecule is C[C@H]([C@H](CCCc1ccccc1)C(=O)C[C@H](C(=O)NCCN1CCCCC1)C(C)(C)C)N(O)C=O. The highest BCUT2D eigenvalue weighted by Gasteiger charge is 2.37. The summed E-state index contributed by atoms with van der Waals surface area (Å²) in [5, 5.41) is 13.7. The number of Topliss-reactive ketones (excluding diaryl/α,β-unsaturated/α-hetero) is 1. The van der Waals surface area contributed by atoms with Crippen LogP contribution in [0.1, 0.15) is 71.8 Å². The van der Waals surface area contributed by atoms with Crippen LogP contribution in [0.4, 0.5) is 0 Å². The Balaban J connectivity index is 2.01. The average molecular weight is 488 g/mol. The van der Waals surface area contributed by atoms with Crippen LogP contribution in [0.15, 0.2) is 30.3 Å². The lowest BCUT2D eigenvalue weighted by Gasteiger charge is -2.33. The standard InChI is InChI=1S/C28H45N3O4/c1-22(31(35)21-32)24(15-11-14-23-12-7-5-8-13-23)26(33)20-25(28(2,3)4)27(34)29-16-19-30-17-9-6-10-18-30/h5,7-8,12-13,21-22,24-25,35H,6,9-11,14-20H2,1-4H3,(H,29,34)/t22-,24+,25-/m1/s1. The van der Waals surface area contributed by atoms with Gasteiger partial charge in [0.15, 0.2) is 0 Å². The van der Waals surface area contributed by atoms with Crippen LogP contribution >= 0.6 is 0 Å². The fourth-order valence-corrected chi connectivity index (χ4v) is 4.91. The number of rotatable bonds is 14. The van der Waals surface area contributed by atoms with E-state index in [1.54, 1.807) is 6.92 Å². The first-order valence-electron chi connectivity index (χ1n) is 13.1. The maximum Gasteiger partial charge on any atom is 0.233 e. The molecule has 2 rings (SSSR count). The van der Waals surface area contributed by atoms with Crippen molar-refractivity contribution in [1.29, 1.82) is 0 Å². The van der Waals surface area contributed by atoms with Crippen LogP contribution in [0.5, 0.6) is 0 Å². The molecule has 1 saturated heterocycles. The zero-order valence-corrected chi connectivity index (χ0v) is 22.0. The Morgan fingerprint density at radius 3 is 2.40 bits per heavy atom. The molecule has 0 aromatic heterocycles. The smallest absolute Gasteiger partial charge is 0.233 e. The normalized spacial score (nSPS) is 17.3. The van der Waals surface area contributed by atoms with Crippen LogP contribution in [0.25, 0.3) is 0 Å². The third-order valence-electron chi connectivity index (χ3n) is 7.29. The van der Waals surface area contributed by atoms with E-state index < -0.39 is 23.3 Å². The maximum atomic E-state index is 13.5. The topological polar surface area (TPSA) is 90.0 Å². The minimum atomic E-state index is -0.654. The molecule has 1 aliphatic heterocycles. The van der Waals surface area contributed by atoms with Gasteiger partial charge in [0.1, 0.15) is 5.78 Å². The van der Waals surface area contributed by atoms with Crippen LogP contribution < -0.4 is 5.32 Å². The van der Waals surface area contributed by atoms with Crippen LogP contribution in [0.3, 0.4) is 0 Å². The number of hydrogen-bond donors (Lipinski definition) is 2. The van der Waals surface area contributed by atoms with Gasteiger partial charge in [-0.05, 0) is 63.1 Å². The number of amides is 2. The second-order valence-corrected chi connectivity index (χ2v) is 11.0. The number of likely N-dealkylation sites (tertiary alicyclic amines) is 1. The minimum absolute atomic E-state index is 0.0856. The predicted octanol–water partition coefficient (Wildman–Crippen LogP) is 4.09. The molecule has 0 spiro atoms. The van der Waals surface area contributed by atoms with Crippen molar-refractivity contribution in [3.05, 3.63) is 35.9 Å². The first-order valence-corrected chi connectivity index (χ1v) is 13.1. The fourth-order valence-electron chi connectivity index (χ4n) is 4.91. The number of benzene rings is 1. The van der Waals surface area contributed by atoms with Crippen molar-refractivity contribution in [2.24, 2.45) is 17.3 Å². The third-order valence-corrected chi connectivity index (χ3v) is 7.29. The lowest BCUT2D eigenvalue weighted by atomic mass is 9.74. The Bertz CT molecular complexity index is 787. The molecule has 0 radical (unpaired) electrons. The summed E-state index contributed by atoms with van der Waals surface area (Å²) in [4.78, 5) is 40.2. The summed E-state index contributed by atoms with van der Waals surface area (Å²) in [5.74, 6) is -1.21. The van der Waals surface area contributed by atoms with E-state index in [0.29, 0.717) is 24.4 Å². The van der Waals surface area contributed by atoms with Crippen molar-refractivity contribution >= 4 is 18.1 Å². The number of piperidine rings is 1. The molecule has 0 unspecified atom stereocenters. The number of hydrogen-bond acceptors (Lipinski definition) is 5. The minimum Gasteiger partial charge on any atom is -0.355 e. The molecule has 7 heteroatoms. The second kappa shape index (κ2) is 14.3. The molecule has 2 N–H and O–H groups in total. The van der Waals surface area contributed by atoms with Crippen LogP contribution in [-0.4, -0.2) is 65.5 Å². The van der Waals surface area contributed by atoms with E-state index in [2.05, 4.69) is 10.2 Å². The van der Waals surface area contributed by atoms with Crippen molar-refractivity contribution in [3.8, 4) is 0 Å². The van der Waals surface area contributed by atoms with Gasteiger partial charge in [0.2, 0.25) is 12.3 Å². The first-order chi connectivity index (χ1) is 16.6. The zero-order chi connectivity index (χ0) is 25.8. The Kier molecular flexibility index (Phi) is 11.9. The summed E-state index contributed by atoms with van der Waals surface area (Å²) < 4.78 is 0. The Labute approximate surface area is 211 Å². The molecule has 2 amide bonds. The van der Waals surface area contributed by atoms with Gasteiger partial charge in [-0.15, -0.1) is 0 Å². The monoisotopic (exact) mass is 487 g/mol. The van der Waals surface area contributed by atoms with E-state index >= 15 is 0 Å². The largest absolute Gasteiger partial charge is 0.355 e. The van der Waals surface area contributed by atoms with E-state index in [9.17, 15) is 19.6 Å². The third kappa shape index (κ3) is 9.73. The molecule has 1 fully saturated rings. The molecule has 0 aliphatic carbocycles.